The molecule has 0 aromatic rings. The second-order valence-corrected chi connectivity index (χ2v) is 6.92. The first kappa shape index (κ1) is 11.8. The highest BCUT2D eigenvalue weighted by Crippen LogP contribution is 2.34. The van der Waals surface area contributed by atoms with Gasteiger partial charge in [0.05, 0.1) is 0 Å². The van der Waals surface area contributed by atoms with Crippen LogP contribution in [0.5, 0.6) is 0 Å². The molecule has 68 valence electrons. The lowest BCUT2D eigenvalue weighted by atomic mass is 10.6. The number of rotatable bonds is 7. The van der Waals surface area contributed by atoms with E-state index in [9.17, 15) is 0 Å². The fraction of sp³-hybridized carbons (Fsp3) is 1.00. The van der Waals surface area contributed by atoms with Gasteiger partial charge in [-0.2, -0.15) is 11.8 Å². The Hall–Kier alpha value is 0.780. The van der Waals surface area contributed by atoms with Crippen LogP contribution in [0.1, 0.15) is 27.2 Å². The van der Waals surface area contributed by atoms with Gasteiger partial charge in [-0.25, -0.2) is 0 Å². The van der Waals surface area contributed by atoms with E-state index in [-0.39, 0.29) is 0 Å². The molecule has 0 aromatic carbocycles. The molecule has 0 atom stereocenters. The molecule has 0 aromatic heterocycles. The van der Waals surface area contributed by atoms with Crippen molar-refractivity contribution in [2.45, 2.75) is 27.2 Å². The third kappa shape index (κ3) is 7.15. The van der Waals surface area contributed by atoms with E-state index in [4.69, 9.17) is 0 Å². The molecule has 0 radical (unpaired) electrons. The SMILES string of the molecule is CCCSCCP(CC)CC. The summed E-state index contributed by atoms with van der Waals surface area (Å²) in [6, 6.07) is 0. The summed E-state index contributed by atoms with van der Waals surface area (Å²) in [5, 5.41) is 0. The van der Waals surface area contributed by atoms with Gasteiger partial charge in [0, 0.05) is 0 Å². The third-order valence-electron chi connectivity index (χ3n) is 1.79. The van der Waals surface area contributed by atoms with Crippen LogP contribution in [-0.4, -0.2) is 30.0 Å². The topological polar surface area (TPSA) is 0 Å². The Balaban J connectivity index is 3.07. The van der Waals surface area contributed by atoms with Crippen LogP contribution < -0.4 is 0 Å². The quantitative estimate of drug-likeness (QED) is 0.438. The molecule has 2 heteroatoms. The Morgan fingerprint density at radius 3 is 2.09 bits per heavy atom. The van der Waals surface area contributed by atoms with Gasteiger partial charge >= 0.3 is 0 Å². The molecule has 0 aliphatic rings. The number of thioether (sulfide) groups is 1. The van der Waals surface area contributed by atoms with Gasteiger partial charge in [-0.15, -0.1) is 7.92 Å². The van der Waals surface area contributed by atoms with Crippen molar-refractivity contribution in [1.82, 2.24) is 0 Å². The van der Waals surface area contributed by atoms with Crippen LogP contribution >= 0.6 is 19.7 Å². The molecule has 11 heavy (non-hydrogen) atoms. The first-order valence-corrected chi connectivity index (χ1v) is 7.70. The van der Waals surface area contributed by atoms with Gasteiger partial charge in [0.15, 0.2) is 0 Å². The third-order valence-corrected chi connectivity index (χ3v) is 5.93. The summed E-state index contributed by atoms with van der Waals surface area (Å²) in [6.07, 6.45) is 5.69. The molecule has 0 spiro atoms. The van der Waals surface area contributed by atoms with Gasteiger partial charge in [-0.3, -0.25) is 0 Å². The minimum absolute atomic E-state index is 0.406. The summed E-state index contributed by atoms with van der Waals surface area (Å²) < 4.78 is 0. The lowest BCUT2D eigenvalue weighted by molar-refractivity contribution is 1.11. The van der Waals surface area contributed by atoms with Crippen LogP contribution in [0.4, 0.5) is 0 Å². The number of hydrogen-bond acceptors (Lipinski definition) is 1. The average Bonchev–Trinajstić information content (AvgIpc) is 2.05. The Morgan fingerprint density at radius 2 is 1.64 bits per heavy atom. The first-order chi connectivity index (χ1) is 5.35. The van der Waals surface area contributed by atoms with E-state index in [1.807, 2.05) is 0 Å². The highest BCUT2D eigenvalue weighted by molar-refractivity contribution is 7.99. The average molecular weight is 192 g/mol. The molecule has 0 aliphatic heterocycles. The summed E-state index contributed by atoms with van der Waals surface area (Å²) in [6.45, 7) is 6.93. The van der Waals surface area contributed by atoms with E-state index in [0.29, 0.717) is 7.92 Å². The van der Waals surface area contributed by atoms with Crippen molar-refractivity contribution in [2.75, 3.05) is 30.0 Å². The van der Waals surface area contributed by atoms with E-state index in [1.54, 1.807) is 0 Å². The molecule has 0 aliphatic carbocycles. The lowest BCUT2D eigenvalue weighted by Gasteiger charge is -2.11. The highest BCUT2D eigenvalue weighted by atomic mass is 32.2. The Kier molecular flexibility index (Phi) is 9.50. The molecule has 0 nitrogen and oxygen atoms in total. The number of hydrogen-bond donors (Lipinski definition) is 0. The van der Waals surface area contributed by atoms with Crippen molar-refractivity contribution < 1.29 is 0 Å². The minimum atomic E-state index is 0.406. The Morgan fingerprint density at radius 1 is 1.00 bits per heavy atom. The lowest BCUT2D eigenvalue weighted by Crippen LogP contribution is -1.93. The summed E-state index contributed by atoms with van der Waals surface area (Å²) in [7, 11) is 0.406. The molecule has 0 heterocycles. The van der Waals surface area contributed by atoms with E-state index in [0.717, 1.165) is 0 Å². The molecule has 0 unspecified atom stereocenters. The Labute approximate surface area is 77.3 Å². The van der Waals surface area contributed by atoms with Crippen LogP contribution in [0, 0.1) is 0 Å². The zero-order valence-corrected chi connectivity index (χ0v) is 9.81. The van der Waals surface area contributed by atoms with Crippen LogP contribution in [0.25, 0.3) is 0 Å². The standard InChI is InChI=1S/C9H21PS/c1-4-8-11-9-7-10(5-2)6-3/h4-9H2,1-3H3. The largest absolute Gasteiger partial charge is 0.162 e. The maximum atomic E-state index is 2.33. The monoisotopic (exact) mass is 192 g/mol. The zero-order valence-electron chi connectivity index (χ0n) is 8.10. The summed E-state index contributed by atoms with van der Waals surface area (Å²) in [5.74, 6) is 2.76. The highest BCUT2D eigenvalue weighted by Gasteiger charge is 2.00. The van der Waals surface area contributed by atoms with Crippen molar-refractivity contribution in [1.29, 1.82) is 0 Å². The minimum Gasteiger partial charge on any atom is -0.162 e. The maximum Gasteiger partial charge on any atom is -0.00281 e. The molecule has 0 N–H and O–H groups in total. The van der Waals surface area contributed by atoms with Crippen molar-refractivity contribution in [3.05, 3.63) is 0 Å². The molecule has 0 fully saturated rings. The van der Waals surface area contributed by atoms with Gasteiger partial charge in [0.25, 0.3) is 0 Å². The summed E-state index contributed by atoms with van der Waals surface area (Å²) in [4.78, 5) is 0. The van der Waals surface area contributed by atoms with E-state index in [1.165, 1.54) is 36.4 Å². The van der Waals surface area contributed by atoms with Crippen LogP contribution in [0.3, 0.4) is 0 Å². The van der Waals surface area contributed by atoms with Gasteiger partial charge in [-0.05, 0) is 36.4 Å². The van der Waals surface area contributed by atoms with Crippen LogP contribution in [0.15, 0.2) is 0 Å². The first-order valence-electron chi connectivity index (χ1n) is 4.65. The summed E-state index contributed by atoms with van der Waals surface area (Å²) in [5.41, 5.74) is 0. The fourth-order valence-corrected chi connectivity index (χ4v) is 4.10. The van der Waals surface area contributed by atoms with Gasteiger partial charge in [-0.1, -0.05) is 20.8 Å². The second kappa shape index (κ2) is 8.87. The van der Waals surface area contributed by atoms with Gasteiger partial charge < -0.3 is 0 Å². The van der Waals surface area contributed by atoms with Gasteiger partial charge in [0.1, 0.15) is 0 Å². The van der Waals surface area contributed by atoms with Crippen LogP contribution in [-0.2, 0) is 0 Å². The normalized spacial score (nSPS) is 10.9. The smallest absolute Gasteiger partial charge is 0.00281 e. The predicted octanol–water partition coefficient (Wildman–Crippen LogP) is 3.65. The molecular weight excluding hydrogens is 171 g/mol. The molecule has 0 saturated heterocycles. The van der Waals surface area contributed by atoms with E-state index >= 15 is 0 Å². The maximum absolute atomic E-state index is 2.33. The van der Waals surface area contributed by atoms with E-state index in [2.05, 4.69) is 32.5 Å². The molecule has 0 amide bonds. The molecule has 0 rings (SSSR count). The van der Waals surface area contributed by atoms with Crippen molar-refractivity contribution in [3.63, 3.8) is 0 Å². The Bertz CT molecular complexity index is 72.0. The second-order valence-electron chi connectivity index (χ2n) is 2.64. The molecule has 0 saturated carbocycles. The van der Waals surface area contributed by atoms with Crippen LogP contribution in [0.2, 0.25) is 0 Å². The molecular formula is C9H21PS. The van der Waals surface area contributed by atoms with Crippen molar-refractivity contribution >= 4 is 19.7 Å². The summed E-state index contributed by atoms with van der Waals surface area (Å²) >= 11 is 2.13. The predicted molar refractivity (Wildman–Crippen MR) is 60.5 cm³/mol. The van der Waals surface area contributed by atoms with Gasteiger partial charge in [0.2, 0.25) is 0 Å². The van der Waals surface area contributed by atoms with Crippen molar-refractivity contribution in [3.8, 4) is 0 Å². The fourth-order valence-electron chi connectivity index (χ4n) is 0.980. The van der Waals surface area contributed by atoms with Crippen molar-refractivity contribution in [2.24, 2.45) is 0 Å². The molecule has 0 bridgehead atoms. The zero-order chi connectivity index (χ0) is 8.53. The van der Waals surface area contributed by atoms with E-state index < -0.39 is 0 Å².